The zero-order chi connectivity index (χ0) is 22.0. The highest BCUT2D eigenvalue weighted by atomic mass is 15.4. The number of aryl methyl sites for hydroxylation is 1. The van der Waals surface area contributed by atoms with Crippen LogP contribution in [0.2, 0.25) is 0 Å². The average Bonchev–Trinajstić information content (AvgIpc) is 3.16. The second-order valence-electron chi connectivity index (χ2n) is 6.31. The summed E-state index contributed by atoms with van der Waals surface area (Å²) >= 11 is 0. The molecule has 4 rings (SSSR count). The Hall–Kier alpha value is -2.62. The van der Waals surface area contributed by atoms with Crippen LogP contribution < -0.4 is 4.90 Å². The number of hydrogen-bond donors (Lipinski definition) is 0. The molecule has 1 aliphatic heterocycles. The molecule has 0 unspecified atom stereocenters. The van der Waals surface area contributed by atoms with Crippen LogP contribution in [0.25, 0.3) is 22.5 Å². The number of benzene rings is 2. The van der Waals surface area contributed by atoms with Gasteiger partial charge < -0.3 is 4.90 Å². The van der Waals surface area contributed by atoms with Crippen molar-refractivity contribution in [3.05, 3.63) is 54.1 Å². The first-order chi connectivity index (χ1) is 14.2. The lowest BCUT2D eigenvalue weighted by atomic mass is 9.95. The predicted molar refractivity (Wildman–Crippen MR) is 127 cm³/mol. The summed E-state index contributed by atoms with van der Waals surface area (Å²) in [6, 6.07) is 17.5. The van der Waals surface area contributed by atoms with Gasteiger partial charge in [-0.15, -0.1) is 5.10 Å². The van der Waals surface area contributed by atoms with Gasteiger partial charge in [0, 0.05) is 36.4 Å². The first-order valence-electron chi connectivity index (χ1n) is 11.0. The lowest BCUT2D eigenvalue weighted by Gasteiger charge is -2.33. The molecule has 0 radical (unpaired) electrons. The van der Waals surface area contributed by atoms with Crippen LogP contribution in [0.5, 0.6) is 0 Å². The zero-order valence-corrected chi connectivity index (χ0v) is 19.7. The summed E-state index contributed by atoms with van der Waals surface area (Å²) in [4.78, 5) is 2.44. The molecule has 3 aromatic rings. The molecule has 2 heterocycles. The van der Waals surface area contributed by atoms with E-state index >= 15 is 0 Å². The third-order valence-electron chi connectivity index (χ3n) is 4.53. The van der Waals surface area contributed by atoms with E-state index < -0.39 is 0 Å². The monoisotopic (exact) mass is 394 g/mol. The van der Waals surface area contributed by atoms with Gasteiger partial charge in [-0.3, -0.25) is 0 Å². The third kappa shape index (κ3) is 5.06. The molecule has 0 bridgehead atoms. The first-order valence-corrected chi connectivity index (χ1v) is 11.0. The fourth-order valence-electron chi connectivity index (χ4n) is 3.38. The van der Waals surface area contributed by atoms with Crippen LogP contribution >= 0.6 is 0 Å². The molecule has 1 aromatic heterocycles. The molecule has 4 heteroatoms. The minimum absolute atomic E-state index is 0.405. The summed E-state index contributed by atoms with van der Waals surface area (Å²) in [6.07, 6.45) is 0. The van der Waals surface area contributed by atoms with Crippen LogP contribution in [0.15, 0.2) is 48.5 Å². The van der Waals surface area contributed by atoms with Gasteiger partial charge in [-0.1, -0.05) is 89.2 Å². The number of nitrogens with zero attached hydrogens (tertiary/aromatic N) is 4. The highest BCUT2D eigenvalue weighted by molar-refractivity contribution is 5.88. The number of aromatic nitrogens is 3. The van der Waals surface area contributed by atoms with Crippen LogP contribution in [0.3, 0.4) is 0 Å². The van der Waals surface area contributed by atoms with Crippen LogP contribution in [0.1, 0.15) is 61.0 Å². The maximum atomic E-state index is 4.48. The van der Waals surface area contributed by atoms with E-state index in [4.69, 9.17) is 0 Å². The Morgan fingerprint density at radius 1 is 0.793 bits per heavy atom. The fourth-order valence-corrected chi connectivity index (χ4v) is 3.38. The summed E-state index contributed by atoms with van der Waals surface area (Å²) < 4.78 is 1.88. The largest absolute Gasteiger partial charge is 0.364 e. The molecule has 0 spiro atoms. The van der Waals surface area contributed by atoms with Gasteiger partial charge in [0.2, 0.25) is 0 Å². The Kier molecular flexibility index (Phi) is 10.1. The van der Waals surface area contributed by atoms with Crippen LogP contribution in [0, 0.1) is 0 Å². The van der Waals surface area contributed by atoms with Crippen molar-refractivity contribution in [3.63, 3.8) is 0 Å². The number of rotatable bonds is 1. The van der Waals surface area contributed by atoms with Gasteiger partial charge in [0.05, 0.1) is 5.69 Å². The smallest absolute Gasteiger partial charge is 0.123 e. The van der Waals surface area contributed by atoms with Crippen LogP contribution in [-0.4, -0.2) is 21.0 Å². The normalized spacial score (nSPS) is 11.0. The molecule has 2 aromatic carbocycles. The average molecular weight is 395 g/mol. The van der Waals surface area contributed by atoms with Gasteiger partial charge in [-0.25, -0.2) is 4.68 Å². The van der Waals surface area contributed by atoms with Crippen molar-refractivity contribution < 1.29 is 0 Å². The summed E-state index contributed by atoms with van der Waals surface area (Å²) in [6.45, 7) is 17.4. The molecule has 0 N–H and O–H groups in total. The Labute approximate surface area is 177 Å². The van der Waals surface area contributed by atoms with Crippen molar-refractivity contribution in [3.8, 4) is 22.5 Å². The molecular weight excluding hydrogens is 356 g/mol. The molecule has 0 saturated heterocycles. The molecule has 0 amide bonds. The summed E-state index contributed by atoms with van der Waals surface area (Å²) in [7, 11) is 1.97. The predicted octanol–water partition coefficient (Wildman–Crippen LogP) is 6.96. The van der Waals surface area contributed by atoms with Crippen LogP contribution in [-0.2, 0) is 13.6 Å². The standard InChI is InChI=1S/C19H20N4.3C2H6/c1-13(2)23-12-14-8-4-5-9-15(14)19-18(20-21-22(19)3)16-10-6-7-11-17(16)23;3*1-2/h4-11,13H,12H2,1-3H3;3*1-2H3. The quantitative estimate of drug-likeness (QED) is 0.447. The van der Waals surface area contributed by atoms with E-state index in [9.17, 15) is 0 Å². The molecule has 0 atom stereocenters. The van der Waals surface area contributed by atoms with Crippen molar-refractivity contribution >= 4 is 5.69 Å². The van der Waals surface area contributed by atoms with Gasteiger partial charge in [0.25, 0.3) is 0 Å². The topological polar surface area (TPSA) is 34.0 Å². The van der Waals surface area contributed by atoms with E-state index in [1.54, 1.807) is 0 Å². The molecular formula is C25H38N4. The van der Waals surface area contributed by atoms with E-state index in [0.29, 0.717) is 6.04 Å². The SMILES string of the molecule is CC.CC.CC.CC(C)N1Cc2ccccc2-c2c(nnn2C)-c2ccccc21. The van der Waals surface area contributed by atoms with Crippen LogP contribution in [0.4, 0.5) is 5.69 Å². The minimum Gasteiger partial charge on any atom is -0.364 e. The van der Waals surface area contributed by atoms with Crippen molar-refractivity contribution in [2.24, 2.45) is 7.05 Å². The Balaban J connectivity index is 0.000000644. The summed E-state index contributed by atoms with van der Waals surface area (Å²) in [5.41, 5.74) is 6.95. The molecule has 0 fully saturated rings. The maximum absolute atomic E-state index is 4.48. The number of para-hydroxylation sites is 1. The van der Waals surface area contributed by atoms with E-state index in [-0.39, 0.29) is 0 Å². The van der Waals surface area contributed by atoms with Crippen molar-refractivity contribution in [2.75, 3.05) is 4.90 Å². The number of fused-ring (bicyclic) bond motifs is 5. The van der Waals surface area contributed by atoms with Crippen molar-refractivity contribution in [1.82, 2.24) is 15.0 Å². The highest BCUT2D eigenvalue weighted by Gasteiger charge is 2.26. The molecule has 1 aliphatic rings. The third-order valence-corrected chi connectivity index (χ3v) is 4.53. The Morgan fingerprint density at radius 2 is 1.34 bits per heavy atom. The van der Waals surface area contributed by atoms with E-state index in [2.05, 4.69) is 77.6 Å². The zero-order valence-electron chi connectivity index (χ0n) is 19.7. The highest BCUT2D eigenvalue weighted by Crippen LogP contribution is 2.40. The lowest BCUT2D eigenvalue weighted by Crippen LogP contribution is -2.31. The second kappa shape index (κ2) is 12.1. The summed E-state index contributed by atoms with van der Waals surface area (Å²) in [5, 5.41) is 8.78. The lowest BCUT2D eigenvalue weighted by molar-refractivity contribution is 0.682. The van der Waals surface area contributed by atoms with E-state index in [0.717, 1.165) is 23.5 Å². The second-order valence-corrected chi connectivity index (χ2v) is 6.31. The first kappa shape index (κ1) is 24.4. The van der Waals surface area contributed by atoms with E-state index in [1.165, 1.54) is 16.8 Å². The fraction of sp³-hybridized carbons (Fsp3) is 0.440. The molecule has 29 heavy (non-hydrogen) atoms. The van der Waals surface area contributed by atoms with Gasteiger partial charge in [-0.05, 0) is 25.5 Å². The van der Waals surface area contributed by atoms with Crippen molar-refractivity contribution in [2.45, 2.75) is 68.0 Å². The van der Waals surface area contributed by atoms with Gasteiger partial charge >= 0.3 is 0 Å². The molecule has 0 aliphatic carbocycles. The molecule has 4 nitrogen and oxygen atoms in total. The van der Waals surface area contributed by atoms with Crippen molar-refractivity contribution in [1.29, 1.82) is 0 Å². The molecule has 158 valence electrons. The van der Waals surface area contributed by atoms with Gasteiger partial charge in [0.15, 0.2) is 0 Å². The number of anilines is 1. The Morgan fingerprint density at radius 3 is 1.97 bits per heavy atom. The Bertz CT molecular complexity index is 865. The summed E-state index contributed by atoms with van der Waals surface area (Å²) in [5.74, 6) is 0. The number of hydrogen-bond acceptors (Lipinski definition) is 3. The van der Waals surface area contributed by atoms with E-state index in [1.807, 2.05) is 53.3 Å². The maximum Gasteiger partial charge on any atom is 0.123 e. The molecule has 0 saturated carbocycles. The van der Waals surface area contributed by atoms with Gasteiger partial charge in [0.1, 0.15) is 5.69 Å². The van der Waals surface area contributed by atoms with Gasteiger partial charge in [-0.2, -0.15) is 0 Å². The minimum atomic E-state index is 0.405.